The molecule has 2 rings (SSSR count). The van der Waals surface area contributed by atoms with E-state index in [0.29, 0.717) is 5.69 Å². The number of hydrogen-bond donors (Lipinski definition) is 0. The lowest BCUT2D eigenvalue weighted by Gasteiger charge is -2.21. The minimum absolute atomic E-state index is 0.0192. The highest BCUT2D eigenvalue weighted by atomic mass is 32.2. The highest BCUT2D eigenvalue weighted by Gasteiger charge is 2.28. The maximum absolute atomic E-state index is 13.9. The van der Waals surface area contributed by atoms with Gasteiger partial charge in [0, 0.05) is 11.9 Å². The molecule has 1 aromatic heterocycles. The van der Waals surface area contributed by atoms with Crippen molar-refractivity contribution in [2.75, 3.05) is 11.4 Å². The summed E-state index contributed by atoms with van der Waals surface area (Å²) in [7, 11) is 1.14. The van der Waals surface area contributed by atoms with E-state index in [2.05, 4.69) is 4.98 Å². The van der Waals surface area contributed by atoms with E-state index in [1.807, 2.05) is 6.07 Å². The molecule has 0 saturated heterocycles. The quantitative estimate of drug-likeness (QED) is 0.857. The average molecular weight is 333 g/mol. The number of nitriles is 1. The summed E-state index contributed by atoms with van der Waals surface area (Å²) in [6, 6.07) is 8.56. The second kappa shape index (κ2) is 7.09. The monoisotopic (exact) mass is 333 g/mol. The maximum atomic E-state index is 13.9. The molecular formula is C15H12FN3O3S. The summed E-state index contributed by atoms with van der Waals surface area (Å²) in [5.74, 6) is -1.65. The first-order valence-corrected chi connectivity index (χ1v) is 7.45. The fraction of sp³-hybridized carbons (Fsp3) is 0.133. The van der Waals surface area contributed by atoms with Crippen molar-refractivity contribution in [3.63, 3.8) is 0 Å². The van der Waals surface area contributed by atoms with Crippen LogP contribution in [0.4, 0.5) is 10.1 Å². The summed E-state index contributed by atoms with van der Waals surface area (Å²) < 4.78 is 31.5. The van der Waals surface area contributed by atoms with Crippen molar-refractivity contribution in [2.24, 2.45) is 0 Å². The van der Waals surface area contributed by atoms with Crippen molar-refractivity contribution in [2.45, 2.75) is 6.92 Å². The van der Waals surface area contributed by atoms with Gasteiger partial charge in [-0.15, -0.1) is 0 Å². The van der Waals surface area contributed by atoms with E-state index in [1.165, 1.54) is 30.5 Å². The van der Waals surface area contributed by atoms with E-state index in [1.54, 1.807) is 6.92 Å². The first kappa shape index (κ1) is 16.7. The van der Waals surface area contributed by atoms with Crippen LogP contribution in [0.3, 0.4) is 0 Å². The number of benzene rings is 1. The van der Waals surface area contributed by atoms with Gasteiger partial charge in [0.2, 0.25) is 0 Å². The van der Waals surface area contributed by atoms with Crippen LogP contribution >= 0.6 is 0 Å². The molecule has 0 aliphatic carbocycles. The fourth-order valence-corrected chi connectivity index (χ4v) is 2.57. The summed E-state index contributed by atoms with van der Waals surface area (Å²) in [5, 5.41) is 9.18. The third-order valence-corrected chi connectivity index (χ3v) is 3.88. The number of carbonyl (C=O) groups is 1. The molecule has 0 spiro atoms. The predicted octanol–water partition coefficient (Wildman–Crippen LogP) is 2.27. The van der Waals surface area contributed by atoms with Gasteiger partial charge in [0.05, 0.1) is 23.9 Å². The van der Waals surface area contributed by atoms with Gasteiger partial charge in [-0.3, -0.25) is 14.0 Å². The van der Waals surface area contributed by atoms with Crippen molar-refractivity contribution < 1.29 is 17.6 Å². The number of nitrogens with zero attached hydrogens (tertiary/aromatic N) is 3. The van der Waals surface area contributed by atoms with Crippen LogP contribution < -0.4 is 4.31 Å². The number of carbonyl (C=O) groups excluding carboxylic acids is 1. The molecular weight excluding hydrogens is 321 g/mol. The summed E-state index contributed by atoms with van der Waals surface area (Å²) in [5.41, 5.74) is 0.272. The van der Waals surface area contributed by atoms with Gasteiger partial charge in [-0.25, -0.2) is 8.60 Å². The Labute approximate surface area is 134 Å². The number of hydrogen-bond acceptors (Lipinski definition) is 5. The molecule has 0 aliphatic rings. The third kappa shape index (κ3) is 3.41. The van der Waals surface area contributed by atoms with Crippen LogP contribution in [0.1, 0.15) is 21.6 Å². The van der Waals surface area contributed by atoms with E-state index in [4.69, 9.17) is 4.18 Å². The van der Waals surface area contributed by atoms with Crippen molar-refractivity contribution >= 4 is 22.9 Å². The Kier molecular flexibility index (Phi) is 5.16. The highest BCUT2D eigenvalue weighted by Crippen LogP contribution is 2.25. The van der Waals surface area contributed by atoms with Crippen LogP contribution in [-0.4, -0.2) is 22.2 Å². The Morgan fingerprint density at radius 1 is 1.43 bits per heavy atom. The van der Waals surface area contributed by atoms with Crippen LogP contribution in [0.2, 0.25) is 0 Å². The number of anilines is 1. The lowest BCUT2D eigenvalue weighted by Crippen LogP contribution is -2.34. The lowest BCUT2D eigenvalue weighted by molar-refractivity contribution is 0.100. The standard InChI is InChI=1S/C15H12FN3O3S/c1-10-7-14(11(8-17)9-18-10)19(23(21)22-2)15(20)12-5-3-4-6-13(12)16/h3-7,9H,1-2H3. The normalized spacial score (nSPS) is 11.6. The average Bonchev–Trinajstić information content (AvgIpc) is 2.55. The molecule has 1 atom stereocenters. The number of aryl methyl sites for hydroxylation is 1. The molecule has 6 nitrogen and oxygen atoms in total. The molecule has 0 aliphatic heterocycles. The molecule has 2 aromatic rings. The third-order valence-electron chi connectivity index (χ3n) is 2.94. The first-order valence-electron chi connectivity index (χ1n) is 6.41. The summed E-state index contributed by atoms with van der Waals surface area (Å²) in [6.45, 7) is 1.64. The van der Waals surface area contributed by atoms with Crippen molar-refractivity contribution in [1.29, 1.82) is 5.26 Å². The number of amides is 1. The Balaban J connectivity index is 2.62. The van der Waals surface area contributed by atoms with Gasteiger partial charge >= 0.3 is 0 Å². The molecule has 0 radical (unpaired) electrons. The molecule has 1 unspecified atom stereocenters. The van der Waals surface area contributed by atoms with Crippen molar-refractivity contribution in [3.8, 4) is 6.07 Å². The fourth-order valence-electron chi connectivity index (χ4n) is 1.88. The topological polar surface area (TPSA) is 83.3 Å². The second-order valence-electron chi connectivity index (χ2n) is 4.42. The second-order valence-corrected chi connectivity index (χ2v) is 5.55. The van der Waals surface area contributed by atoms with Gasteiger partial charge in [0.25, 0.3) is 17.2 Å². The molecule has 0 saturated carbocycles. The number of halogens is 1. The van der Waals surface area contributed by atoms with Crippen LogP contribution in [-0.2, 0) is 15.4 Å². The zero-order valence-electron chi connectivity index (χ0n) is 12.3. The van der Waals surface area contributed by atoms with Gasteiger partial charge in [-0.2, -0.15) is 9.57 Å². The van der Waals surface area contributed by atoms with Crippen molar-refractivity contribution in [3.05, 3.63) is 59.2 Å². The van der Waals surface area contributed by atoms with Crippen LogP contribution in [0.25, 0.3) is 0 Å². The Bertz CT molecular complexity index is 820. The van der Waals surface area contributed by atoms with E-state index >= 15 is 0 Å². The largest absolute Gasteiger partial charge is 0.277 e. The van der Waals surface area contributed by atoms with Crippen molar-refractivity contribution in [1.82, 2.24) is 4.98 Å². The van der Waals surface area contributed by atoms with Gasteiger partial charge in [0.1, 0.15) is 11.9 Å². The molecule has 0 N–H and O–H groups in total. The number of pyridine rings is 1. The van der Waals surface area contributed by atoms with Crippen LogP contribution in [0, 0.1) is 24.1 Å². The zero-order valence-corrected chi connectivity index (χ0v) is 13.1. The van der Waals surface area contributed by atoms with E-state index in [0.717, 1.165) is 17.5 Å². The maximum Gasteiger partial charge on any atom is 0.275 e. The SMILES string of the molecule is COS(=O)N(C(=O)c1ccccc1F)c1cc(C)ncc1C#N. The first-order chi connectivity index (χ1) is 11.0. The molecule has 0 bridgehead atoms. The predicted molar refractivity (Wildman–Crippen MR) is 82.0 cm³/mol. The minimum Gasteiger partial charge on any atom is -0.277 e. The molecule has 23 heavy (non-hydrogen) atoms. The molecule has 1 aromatic carbocycles. The molecule has 8 heteroatoms. The lowest BCUT2D eigenvalue weighted by atomic mass is 10.1. The molecule has 1 amide bonds. The smallest absolute Gasteiger partial charge is 0.275 e. The zero-order chi connectivity index (χ0) is 17.0. The molecule has 118 valence electrons. The van der Waals surface area contributed by atoms with E-state index in [9.17, 15) is 18.7 Å². The molecule has 1 heterocycles. The van der Waals surface area contributed by atoms with Gasteiger partial charge in [0.15, 0.2) is 0 Å². The minimum atomic E-state index is -2.24. The molecule has 0 fully saturated rings. The van der Waals surface area contributed by atoms with Crippen LogP contribution in [0.15, 0.2) is 36.5 Å². The number of rotatable bonds is 4. The van der Waals surface area contributed by atoms with E-state index < -0.39 is 23.0 Å². The Morgan fingerprint density at radius 3 is 2.74 bits per heavy atom. The number of aromatic nitrogens is 1. The van der Waals surface area contributed by atoms with Gasteiger partial charge in [-0.05, 0) is 25.1 Å². The Hall–Kier alpha value is -2.63. The summed E-state index contributed by atoms with van der Waals surface area (Å²) in [6.07, 6.45) is 1.25. The summed E-state index contributed by atoms with van der Waals surface area (Å²) in [4.78, 5) is 16.6. The summed E-state index contributed by atoms with van der Waals surface area (Å²) >= 11 is -2.24. The van der Waals surface area contributed by atoms with Gasteiger partial charge < -0.3 is 0 Å². The Morgan fingerprint density at radius 2 is 2.13 bits per heavy atom. The van der Waals surface area contributed by atoms with Crippen LogP contribution in [0.5, 0.6) is 0 Å². The van der Waals surface area contributed by atoms with E-state index in [-0.39, 0.29) is 16.8 Å². The van der Waals surface area contributed by atoms with Gasteiger partial charge in [-0.1, -0.05) is 12.1 Å². The highest BCUT2D eigenvalue weighted by molar-refractivity contribution is 7.82.